The van der Waals surface area contributed by atoms with Crippen LogP contribution in [-0.2, 0) is 4.79 Å². The van der Waals surface area contributed by atoms with Gasteiger partial charge in [-0.2, -0.15) is 0 Å². The van der Waals surface area contributed by atoms with Gasteiger partial charge in [-0.05, 0) is 37.6 Å². The smallest absolute Gasteiger partial charge is 0.231 e. The van der Waals surface area contributed by atoms with Gasteiger partial charge in [0.15, 0.2) is 11.5 Å². The summed E-state index contributed by atoms with van der Waals surface area (Å²) in [5, 5.41) is 0. The lowest BCUT2D eigenvalue weighted by atomic mass is 10.1. The van der Waals surface area contributed by atoms with Gasteiger partial charge < -0.3 is 9.47 Å². The van der Waals surface area contributed by atoms with Gasteiger partial charge in [0, 0.05) is 5.56 Å². The molecule has 4 heteroatoms. The average Bonchev–Trinajstić information content (AvgIpc) is 2.85. The molecule has 0 N–H and O–H groups in total. The molecule has 0 amide bonds. The Morgan fingerprint density at radius 3 is 2.61 bits per heavy atom. The molecule has 0 unspecified atom stereocenters. The maximum absolute atomic E-state index is 12.4. The van der Waals surface area contributed by atoms with Crippen molar-refractivity contribution in [1.29, 1.82) is 0 Å². The summed E-state index contributed by atoms with van der Waals surface area (Å²) in [6.07, 6.45) is 1.72. The fourth-order valence-electron chi connectivity index (χ4n) is 2.40. The molecule has 0 atom stereocenters. The molecule has 0 aromatic heterocycles. The Morgan fingerprint density at radius 1 is 1.17 bits per heavy atom. The highest BCUT2D eigenvalue weighted by Crippen LogP contribution is 2.39. The molecule has 116 valence electrons. The molecular weight excluding hydrogens is 292 g/mol. The van der Waals surface area contributed by atoms with Gasteiger partial charge in [0.1, 0.15) is 18.1 Å². The van der Waals surface area contributed by atoms with Crippen molar-refractivity contribution < 1.29 is 19.1 Å². The van der Waals surface area contributed by atoms with Gasteiger partial charge in [-0.1, -0.05) is 30.3 Å². The first-order valence-corrected chi connectivity index (χ1v) is 7.31. The second-order valence-electron chi connectivity index (χ2n) is 5.41. The van der Waals surface area contributed by atoms with E-state index < -0.39 is 0 Å². The van der Waals surface area contributed by atoms with Crippen molar-refractivity contribution >= 4 is 17.6 Å². The summed E-state index contributed by atoms with van der Waals surface area (Å²) in [7, 11) is 0. The minimum atomic E-state index is -0.148. The van der Waals surface area contributed by atoms with E-state index in [9.17, 15) is 9.59 Å². The van der Waals surface area contributed by atoms with Gasteiger partial charge in [0.25, 0.3) is 0 Å². The summed E-state index contributed by atoms with van der Waals surface area (Å²) in [5.74, 6) is 1.13. The minimum absolute atomic E-state index is 0.000283. The fourth-order valence-corrected chi connectivity index (χ4v) is 2.40. The molecule has 0 bridgehead atoms. The van der Waals surface area contributed by atoms with Crippen LogP contribution >= 0.6 is 0 Å². The number of carbonyl (C=O) groups is 2. The Bertz CT molecular complexity index is 804. The van der Waals surface area contributed by atoms with Crippen LogP contribution in [-0.4, -0.2) is 18.2 Å². The normalized spacial score (nSPS) is 14.5. The molecule has 2 aromatic carbocycles. The van der Waals surface area contributed by atoms with Crippen molar-refractivity contribution in [3.8, 4) is 11.5 Å². The van der Waals surface area contributed by atoms with Crippen LogP contribution in [0, 0.1) is 6.92 Å². The van der Waals surface area contributed by atoms with Gasteiger partial charge in [0.05, 0.1) is 5.56 Å². The van der Waals surface area contributed by atoms with E-state index in [0.717, 1.165) is 5.56 Å². The summed E-state index contributed by atoms with van der Waals surface area (Å²) < 4.78 is 11.2. The Hall–Kier alpha value is -2.88. The number of hydrogen-bond donors (Lipinski definition) is 0. The van der Waals surface area contributed by atoms with Crippen molar-refractivity contribution in [2.45, 2.75) is 13.8 Å². The molecule has 0 saturated heterocycles. The molecule has 23 heavy (non-hydrogen) atoms. The first kappa shape index (κ1) is 15.0. The van der Waals surface area contributed by atoms with Gasteiger partial charge in [0.2, 0.25) is 5.78 Å². The average molecular weight is 308 g/mol. The number of benzene rings is 2. The minimum Gasteiger partial charge on any atom is -0.485 e. The topological polar surface area (TPSA) is 52.6 Å². The van der Waals surface area contributed by atoms with Crippen molar-refractivity contribution in [3.63, 3.8) is 0 Å². The van der Waals surface area contributed by atoms with E-state index >= 15 is 0 Å². The van der Waals surface area contributed by atoms with Gasteiger partial charge in [-0.15, -0.1) is 0 Å². The number of allylic oxidation sites excluding steroid dienone is 1. The molecule has 0 saturated carbocycles. The first-order chi connectivity index (χ1) is 11.1. The van der Waals surface area contributed by atoms with Crippen LogP contribution in [0.1, 0.15) is 28.4 Å². The number of carbonyl (C=O) groups excluding carboxylic acids is 2. The zero-order valence-corrected chi connectivity index (χ0v) is 13.0. The zero-order valence-electron chi connectivity index (χ0n) is 13.0. The van der Waals surface area contributed by atoms with E-state index in [1.807, 2.05) is 37.3 Å². The summed E-state index contributed by atoms with van der Waals surface area (Å²) in [6.45, 7) is 3.27. The number of ketones is 2. The molecule has 3 rings (SSSR count). The SMILES string of the molecule is CC(=O)COc1ccc2c(c1C)O/C(=C\c1ccccc1)C2=O. The van der Waals surface area contributed by atoms with Gasteiger partial charge >= 0.3 is 0 Å². The maximum atomic E-state index is 12.4. The van der Waals surface area contributed by atoms with Gasteiger partial charge in [-0.3, -0.25) is 9.59 Å². The molecule has 0 spiro atoms. The molecule has 1 aliphatic heterocycles. The first-order valence-electron chi connectivity index (χ1n) is 7.31. The third-order valence-corrected chi connectivity index (χ3v) is 3.56. The summed E-state index contributed by atoms with van der Waals surface area (Å²) in [5.41, 5.74) is 2.13. The predicted octanol–water partition coefficient (Wildman–Crippen LogP) is 3.58. The van der Waals surface area contributed by atoms with Crippen LogP contribution < -0.4 is 9.47 Å². The van der Waals surface area contributed by atoms with E-state index in [1.54, 1.807) is 18.2 Å². The number of Topliss-reactive ketones (excluding diaryl/α,β-unsaturated/α-hetero) is 2. The largest absolute Gasteiger partial charge is 0.485 e. The van der Waals surface area contributed by atoms with Crippen molar-refractivity contribution in [3.05, 3.63) is 64.9 Å². The fraction of sp³-hybridized carbons (Fsp3) is 0.158. The van der Waals surface area contributed by atoms with Crippen molar-refractivity contribution in [2.24, 2.45) is 0 Å². The lowest BCUT2D eigenvalue weighted by Gasteiger charge is -2.10. The summed E-state index contributed by atoms with van der Waals surface area (Å²) in [6, 6.07) is 12.9. The Morgan fingerprint density at radius 2 is 1.91 bits per heavy atom. The highest BCUT2D eigenvalue weighted by atomic mass is 16.5. The van der Waals surface area contributed by atoms with Crippen LogP contribution in [0.25, 0.3) is 6.08 Å². The van der Waals surface area contributed by atoms with Crippen LogP contribution in [0.4, 0.5) is 0 Å². The molecule has 1 aliphatic rings. The second-order valence-corrected chi connectivity index (χ2v) is 5.41. The zero-order chi connectivity index (χ0) is 16.4. The van der Waals surface area contributed by atoms with Crippen LogP contribution in [0.5, 0.6) is 11.5 Å². The monoisotopic (exact) mass is 308 g/mol. The molecule has 0 aliphatic carbocycles. The highest BCUT2D eigenvalue weighted by Gasteiger charge is 2.30. The third-order valence-electron chi connectivity index (χ3n) is 3.56. The predicted molar refractivity (Wildman–Crippen MR) is 86.7 cm³/mol. The summed E-state index contributed by atoms with van der Waals surface area (Å²) in [4.78, 5) is 23.5. The van der Waals surface area contributed by atoms with Crippen LogP contribution in [0.15, 0.2) is 48.2 Å². The number of hydrogen-bond acceptors (Lipinski definition) is 4. The van der Waals surface area contributed by atoms with Crippen molar-refractivity contribution in [2.75, 3.05) is 6.61 Å². The standard InChI is InChI=1S/C19H16O4/c1-12(20)11-22-16-9-8-15-18(21)17(23-19(15)13(16)2)10-14-6-4-3-5-7-14/h3-10H,11H2,1-2H3/b17-10-. The highest BCUT2D eigenvalue weighted by molar-refractivity contribution is 6.14. The Balaban J connectivity index is 1.92. The molecule has 4 nitrogen and oxygen atoms in total. The van der Waals surface area contributed by atoms with Crippen LogP contribution in [0.3, 0.4) is 0 Å². The lowest BCUT2D eigenvalue weighted by molar-refractivity contribution is -0.118. The quantitative estimate of drug-likeness (QED) is 0.810. The molecule has 1 heterocycles. The van der Waals surface area contributed by atoms with E-state index in [2.05, 4.69) is 0 Å². The lowest BCUT2D eigenvalue weighted by Crippen LogP contribution is -2.07. The summed E-state index contributed by atoms with van der Waals surface area (Å²) >= 11 is 0. The molecule has 0 fully saturated rings. The van der Waals surface area contributed by atoms with Gasteiger partial charge in [-0.25, -0.2) is 0 Å². The number of rotatable bonds is 4. The number of fused-ring (bicyclic) bond motifs is 1. The maximum Gasteiger partial charge on any atom is 0.231 e. The Labute approximate surface area is 134 Å². The van der Waals surface area contributed by atoms with E-state index in [1.165, 1.54) is 6.92 Å². The molecule has 2 aromatic rings. The second kappa shape index (κ2) is 6.08. The van der Waals surface area contributed by atoms with E-state index in [4.69, 9.17) is 9.47 Å². The molecule has 0 radical (unpaired) electrons. The van der Waals surface area contributed by atoms with Crippen molar-refractivity contribution in [1.82, 2.24) is 0 Å². The van der Waals surface area contributed by atoms with E-state index in [0.29, 0.717) is 22.6 Å². The van der Waals surface area contributed by atoms with Crippen LogP contribution in [0.2, 0.25) is 0 Å². The molecular formula is C19H16O4. The Kier molecular flexibility index (Phi) is 3.98. The number of ether oxygens (including phenoxy) is 2. The third kappa shape index (κ3) is 3.01. The van der Waals surface area contributed by atoms with E-state index in [-0.39, 0.29) is 23.9 Å².